The average Bonchev–Trinajstić information content (AvgIpc) is 2.97. The summed E-state index contributed by atoms with van der Waals surface area (Å²) >= 11 is 5.05. The Balaban J connectivity index is 1.65. The van der Waals surface area contributed by atoms with Crippen LogP contribution in [-0.4, -0.2) is 23.7 Å². The van der Waals surface area contributed by atoms with E-state index in [0.29, 0.717) is 24.7 Å². The van der Waals surface area contributed by atoms with Gasteiger partial charge < -0.3 is 10.1 Å². The van der Waals surface area contributed by atoms with Gasteiger partial charge in [0.15, 0.2) is 5.13 Å². The summed E-state index contributed by atoms with van der Waals surface area (Å²) in [5.74, 6) is 0. The second-order valence-corrected chi connectivity index (χ2v) is 7.19. The van der Waals surface area contributed by atoms with Crippen molar-refractivity contribution in [1.29, 1.82) is 0 Å². The lowest BCUT2D eigenvalue weighted by Gasteiger charge is -2.18. The molecular formula is C17H18BrN3O2S. The fourth-order valence-electron chi connectivity index (χ4n) is 2.40. The van der Waals surface area contributed by atoms with Crippen LogP contribution in [0.5, 0.6) is 0 Å². The van der Waals surface area contributed by atoms with Crippen LogP contribution in [0.1, 0.15) is 23.1 Å². The van der Waals surface area contributed by atoms with E-state index in [4.69, 9.17) is 4.74 Å². The van der Waals surface area contributed by atoms with Crippen LogP contribution < -0.4 is 10.6 Å². The van der Waals surface area contributed by atoms with Crippen LogP contribution in [-0.2, 0) is 17.8 Å². The summed E-state index contributed by atoms with van der Waals surface area (Å²) < 4.78 is 6.95. The van der Waals surface area contributed by atoms with Gasteiger partial charge in [0.05, 0.1) is 23.3 Å². The number of benzene rings is 1. The van der Waals surface area contributed by atoms with Gasteiger partial charge in [0.2, 0.25) is 0 Å². The molecule has 0 radical (unpaired) electrons. The number of hydrogen-bond donors (Lipinski definition) is 2. The summed E-state index contributed by atoms with van der Waals surface area (Å²) in [4.78, 5) is 17.2. The van der Waals surface area contributed by atoms with Crippen molar-refractivity contribution in [1.82, 2.24) is 10.3 Å². The molecule has 1 heterocycles. The number of aromatic nitrogens is 1. The molecule has 2 aromatic rings. The van der Waals surface area contributed by atoms with Gasteiger partial charge in [-0.05, 0) is 34.5 Å². The third-order valence-corrected chi connectivity index (χ3v) is 5.48. The molecule has 24 heavy (non-hydrogen) atoms. The number of amides is 2. The summed E-state index contributed by atoms with van der Waals surface area (Å²) in [6.45, 7) is 3.02. The molecule has 0 fully saturated rings. The SMILES string of the molecule is CCNC(=O)Nc1nc2c(s1)C(Br)=CC(OCc1ccccc1)C2. The molecular weight excluding hydrogens is 390 g/mol. The minimum atomic E-state index is -0.236. The van der Waals surface area contributed by atoms with Crippen LogP contribution in [0.25, 0.3) is 4.48 Å². The van der Waals surface area contributed by atoms with Gasteiger partial charge in [-0.25, -0.2) is 9.78 Å². The second kappa shape index (κ2) is 7.92. The van der Waals surface area contributed by atoms with Crippen molar-refractivity contribution in [3.63, 3.8) is 0 Å². The number of nitrogens with zero attached hydrogens (tertiary/aromatic N) is 1. The maximum Gasteiger partial charge on any atom is 0.321 e. The molecule has 3 rings (SSSR count). The smallest absolute Gasteiger partial charge is 0.321 e. The number of ether oxygens (including phenoxy) is 1. The van der Waals surface area contributed by atoms with E-state index in [1.807, 2.05) is 37.3 Å². The van der Waals surface area contributed by atoms with Crippen LogP contribution in [0, 0.1) is 0 Å². The Morgan fingerprint density at radius 1 is 1.42 bits per heavy atom. The molecule has 5 nitrogen and oxygen atoms in total. The summed E-state index contributed by atoms with van der Waals surface area (Å²) in [6, 6.07) is 9.85. The molecule has 0 saturated carbocycles. The summed E-state index contributed by atoms with van der Waals surface area (Å²) in [6.07, 6.45) is 2.72. The first kappa shape index (κ1) is 17.1. The first-order valence-corrected chi connectivity index (χ1v) is 9.34. The third-order valence-electron chi connectivity index (χ3n) is 3.51. The van der Waals surface area contributed by atoms with Crippen LogP contribution >= 0.6 is 27.3 Å². The van der Waals surface area contributed by atoms with Gasteiger partial charge in [-0.1, -0.05) is 41.7 Å². The summed E-state index contributed by atoms with van der Waals surface area (Å²) in [7, 11) is 0. The van der Waals surface area contributed by atoms with Crippen LogP contribution in [0.3, 0.4) is 0 Å². The van der Waals surface area contributed by atoms with E-state index < -0.39 is 0 Å². The van der Waals surface area contributed by atoms with Gasteiger partial charge in [-0.2, -0.15) is 0 Å². The molecule has 2 N–H and O–H groups in total. The second-order valence-electron chi connectivity index (χ2n) is 5.33. The van der Waals surface area contributed by atoms with Crippen molar-refractivity contribution in [2.45, 2.75) is 26.1 Å². The Morgan fingerprint density at radius 2 is 2.21 bits per heavy atom. The van der Waals surface area contributed by atoms with Crippen molar-refractivity contribution in [2.24, 2.45) is 0 Å². The fourth-order valence-corrected chi connectivity index (χ4v) is 4.08. The molecule has 1 aliphatic carbocycles. The highest BCUT2D eigenvalue weighted by Gasteiger charge is 2.23. The van der Waals surface area contributed by atoms with Crippen LogP contribution in [0.2, 0.25) is 0 Å². The van der Waals surface area contributed by atoms with E-state index in [2.05, 4.69) is 37.6 Å². The molecule has 2 amide bonds. The Labute approximate surface area is 153 Å². The minimum absolute atomic E-state index is 0.0356. The number of halogens is 1. The van der Waals surface area contributed by atoms with Gasteiger partial charge in [-0.3, -0.25) is 5.32 Å². The molecule has 0 aliphatic heterocycles. The number of thiazole rings is 1. The standard InChI is InChI=1S/C17H18BrN3O2S/c1-2-19-16(22)21-17-20-14-9-12(8-13(18)15(14)24-17)23-10-11-6-4-3-5-7-11/h3-8,12H,2,9-10H2,1H3,(H2,19,20,21,22). The molecule has 7 heteroatoms. The lowest BCUT2D eigenvalue weighted by Crippen LogP contribution is -2.28. The van der Waals surface area contributed by atoms with E-state index in [1.54, 1.807) is 0 Å². The fraction of sp³-hybridized carbons (Fsp3) is 0.294. The Morgan fingerprint density at radius 3 is 2.96 bits per heavy atom. The van der Waals surface area contributed by atoms with Crippen molar-refractivity contribution in [3.8, 4) is 0 Å². The number of nitrogens with one attached hydrogen (secondary N) is 2. The van der Waals surface area contributed by atoms with Gasteiger partial charge >= 0.3 is 6.03 Å². The lowest BCUT2D eigenvalue weighted by molar-refractivity contribution is 0.0714. The Kier molecular flexibility index (Phi) is 5.65. The first-order chi connectivity index (χ1) is 11.7. The maximum absolute atomic E-state index is 11.6. The topological polar surface area (TPSA) is 63.2 Å². The van der Waals surface area contributed by atoms with E-state index in [0.717, 1.165) is 20.6 Å². The lowest BCUT2D eigenvalue weighted by atomic mass is 10.1. The van der Waals surface area contributed by atoms with Crippen molar-refractivity contribution in [3.05, 3.63) is 52.5 Å². The molecule has 126 valence electrons. The predicted molar refractivity (Wildman–Crippen MR) is 100 cm³/mol. The van der Waals surface area contributed by atoms with Gasteiger partial charge in [0, 0.05) is 17.4 Å². The van der Waals surface area contributed by atoms with Crippen molar-refractivity contribution < 1.29 is 9.53 Å². The number of fused-ring (bicyclic) bond motifs is 1. The van der Waals surface area contributed by atoms with Crippen LogP contribution in [0.4, 0.5) is 9.93 Å². The molecule has 1 aromatic carbocycles. The van der Waals surface area contributed by atoms with Gasteiger partial charge in [0.1, 0.15) is 0 Å². The maximum atomic E-state index is 11.6. The molecule has 1 atom stereocenters. The number of urea groups is 1. The van der Waals surface area contributed by atoms with E-state index in [1.165, 1.54) is 11.3 Å². The molecule has 1 aliphatic rings. The minimum Gasteiger partial charge on any atom is -0.369 e. The highest BCUT2D eigenvalue weighted by molar-refractivity contribution is 9.15. The summed E-state index contributed by atoms with van der Waals surface area (Å²) in [5.41, 5.74) is 2.09. The Hall–Kier alpha value is -1.70. The zero-order valence-electron chi connectivity index (χ0n) is 13.2. The highest BCUT2D eigenvalue weighted by Crippen LogP contribution is 2.38. The number of hydrogen-bond acceptors (Lipinski definition) is 4. The summed E-state index contributed by atoms with van der Waals surface area (Å²) in [5, 5.41) is 6.06. The largest absolute Gasteiger partial charge is 0.369 e. The number of anilines is 1. The van der Waals surface area contributed by atoms with E-state index in [-0.39, 0.29) is 12.1 Å². The molecule has 0 saturated heterocycles. The number of carbonyl (C=O) groups is 1. The van der Waals surface area contributed by atoms with E-state index in [9.17, 15) is 4.79 Å². The monoisotopic (exact) mass is 407 g/mol. The zero-order valence-corrected chi connectivity index (χ0v) is 15.6. The van der Waals surface area contributed by atoms with Crippen molar-refractivity contribution >= 4 is 42.9 Å². The van der Waals surface area contributed by atoms with Gasteiger partial charge in [0.25, 0.3) is 0 Å². The van der Waals surface area contributed by atoms with E-state index >= 15 is 0 Å². The van der Waals surface area contributed by atoms with Gasteiger partial charge in [-0.15, -0.1) is 0 Å². The highest BCUT2D eigenvalue weighted by atomic mass is 79.9. The van der Waals surface area contributed by atoms with Crippen molar-refractivity contribution in [2.75, 3.05) is 11.9 Å². The number of carbonyl (C=O) groups excluding carboxylic acids is 1. The first-order valence-electron chi connectivity index (χ1n) is 7.73. The molecule has 0 spiro atoms. The quantitative estimate of drug-likeness (QED) is 0.781. The Bertz CT molecular complexity index is 746. The zero-order chi connectivity index (χ0) is 16.9. The third kappa shape index (κ3) is 4.23. The normalized spacial score (nSPS) is 16.2. The van der Waals surface area contributed by atoms with Crippen LogP contribution in [0.15, 0.2) is 36.4 Å². The predicted octanol–water partition coefficient (Wildman–Crippen LogP) is 4.16. The molecule has 1 unspecified atom stereocenters. The molecule has 0 bridgehead atoms. The number of rotatable bonds is 5. The average molecular weight is 408 g/mol. The molecule has 1 aromatic heterocycles.